The van der Waals surface area contributed by atoms with E-state index in [0.717, 1.165) is 28.1 Å². The lowest BCUT2D eigenvalue weighted by molar-refractivity contribution is 0.302. The molecule has 3 heteroatoms. The molecule has 0 amide bonds. The number of aryl methyl sites for hydroxylation is 3. The minimum Gasteiger partial charge on any atom is -0.496 e. The second-order valence-corrected chi connectivity index (χ2v) is 5.84. The molecule has 0 bridgehead atoms. The number of pyridine rings is 1. The van der Waals surface area contributed by atoms with Crippen LogP contribution in [0.25, 0.3) is 10.8 Å². The third-order valence-electron chi connectivity index (χ3n) is 4.20. The molecule has 0 saturated carbocycles. The number of hydrogen-bond acceptors (Lipinski definition) is 3. The minimum atomic E-state index is 0.450. The highest BCUT2D eigenvalue weighted by Gasteiger charge is 2.07. The molecule has 23 heavy (non-hydrogen) atoms. The van der Waals surface area contributed by atoms with Gasteiger partial charge in [0.25, 0.3) is 0 Å². The molecule has 0 aliphatic heterocycles. The van der Waals surface area contributed by atoms with E-state index in [1.165, 1.54) is 16.5 Å². The third kappa shape index (κ3) is 3.14. The first-order chi connectivity index (χ1) is 11.1. The van der Waals surface area contributed by atoms with Gasteiger partial charge in [-0.1, -0.05) is 6.07 Å². The normalized spacial score (nSPS) is 10.8. The second kappa shape index (κ2) is 6.29. The van der Waals surface area contributed by atoms with Gasteiger partial charge in [-0.3, -0.25) is 4.98 Å². The fourth-order valence-corrected chi connectivity index (χ4v) is 2.71. The Bertz CT molecular complexity index is 856. The van der Waals surface area contributed by atoms with Crippen molar-refractivity contribution in [3.63, 3.8) is 0 Å². The van der Waals surface area contributed by atoms with E-state index >= 15 is 0 Å². The maximum atomic E-state index is 5.93. The van der Waals surface area contributed by atoms with E-state index in [1.54, 1.807) is 7.11 Å². The molecule has 0 spiro atoms. The van der Waals surface area contributed by atoms with E-state index in [-0.39, 0.29) is 0 Å². The van der Waals surface area contributed by atoms with Gasteiger partial charge in [0.15, 0.2) is 0 Å². The maximum absolute atomic E-state index is 5.93. The van der Waals surface area contributed by atoms with Crippen LogP contribution in [0.15, 0.2) is 42.6 Å². The summed E-state index contributed by atoms with van der Waals surface area (Å²) in [6, 6.07) is 12.3. The molecule has 2 aromatic carbocycles. The summed E-state index contributed by atoms with van der Waals surface area (Å²) in [4.78, 5) is 4.50. The Labute approximate surface area is 136 Å². The highest BCUT2D eigenvalue weighted by molar-refractivity contribution is 5.85. The number of fused-ring (bicyclic) bond motifs is 1. The number of methoxy groups -OCH3 is 1. The summed E-state index contributed by atoms with van der Waals surface area (Å²) in [6.07, 6.45) is 1.84. The van der Waals surface area contributed by atoms with E-state index in [4.69, 9.17) is 9.47 Å². The molecule has 3 rings (SSSR count). The Balaban J connectivity index is 1.87. The average Bonchev–Trinajstić information content (AvgIpc) is 2.54. The first-order valence-corrected chi connectivity index (χ1v) is 7.71. The van der Waals surface area contributed by atoms with Gasteiger partial charge in [0.2, 0.25) is 0 Å². The second-order valence-electron chi connectivity index (χ2n) is 5.84. The lowest BCUT2D eigenvalue weighted by atomic mass is 10.0. The summed E-state index contributed by atoms with van der Waals surface area (Å²) >= 11 is 0. The molecule has 3 nitrogen and oxygen atoms in total. The van der Waals surface area contributed by atoms with Gasteiger partial charge in [-0.25, -0.2) is 0 Å². The zero-order valence-electron chi connectivity index (χ0n) is 14.0. The van der Waals surface area contributed by atoms with Crippen molar-refractivity contribution >= 4 is 10.8 Å². The van der Waals surface area contributed by atoms with Crippen LogP contribution in [-0.4, -0.2) is 12.1 Å². The Hall–Kier alpha value is -2.55. The summed E-state index contributed by atoms with van der Waals surface area (Å²) in [7, 11) is 1.67. The van der Waals surface area contributed by atoms with Crippen molar-refractivity contribution in [2.45, 2.75) is 27.4 Å². The molecule has 1 heterocycles. The smallest absolute Gasteiger partial charge is 0.131 e. The largest absolute Gasteiger partial charge is 0.496 e. The molecule has 118 valence electrons. The molecule has 0 N–H and O–H groups in total. The molecular weight excluding hydrogens is 286 g/mol. The summed E-state index contributed by atoms with van der Waals surface area (Å²) in [5, 5.41) is 2.36. The van der Waals surface area contributed by atoms with Crippen molar-refractivity contribution in [3.05, 3.63) is 65.0 Å². The summed E-state index contributed by atoms with van der Waals surface area (Å²) < 4.78 is 11.2. The van der Waals surface area contributed by atoms with E-state index in [1.807, 2.05) is 37.4 Å². The Morgan fingerprint density at radius 2 is 1.70 bits per heavy atom. The summed E-state index contributed by atoms with van der Waals surface area (Å²) in [5.74, 6) is 1.69. The van der Waals surface area contributed by atoms with E-state index in [2.05, 4.69) is 31.0 Å². The minimum absolute atomic E-state index is 0.450. The van der Waals surface area contributed by atoms with Gasteiger partial charge in [-0.15, -0.1) is 0 Å². The van der Waals surface area contributed by atoms with Gasteiger partial charge < -0.3 is 9.47 Å². The first kappa shape index (κ1) is 15.3. The molecule has 0 atom stereocenters. The zero-order chi connectivity index (χ0) is 16.4. The predicted molar refractivity (Wildman–Crippen MR) is 93.3 cm³/mol. The number of nitrogens with zero attached hydrogens (tertiary/aromatic N) is 1. The van der Waals surface area contributed by atoms with Crippen molar-refractivity contribution in [2.75, 3.05) is 7.11 Å². The topological polar surface area (TPSA) is 31.4 Å². The molecular formula is C20H21NO2. The zero-order valence-corrected chi connectivity index (χ0v) is 14.0. The first-order valence-electron chi connectivity index (χ1n) is 7.71. The van der Waals surface area contributed by atoms with Gasteiger partial charge in [0, 0.05) is 11.6 Å². The molecule has 3 aromatic rings. The lowest BCUT2D eigenvalue weighted by Gasteiger charge is -2.11. The van der Waals surface area contributed by atoms with Crippen molar-refractivity contribution in [3.8, 4) is 11.5 Å². The SMILES string of the molecule is COc1ccc(OCc2nccc3cc(C)c(C)cc23)cc1C. The fourth-order valence-electron chi connectivity index (χ4n) is 2.71. The lowest BCUT2D eigenvalue weighted by Crippen LogP contribution is -2.00. The molecule has 0 aliphatic carbocycles. The Morgan fingerprint density at radius 3 is 2.43 bits per heavy atom. The van der Waals surface area contributed by atoms with Gasteiger partial charge in [-0.05, 0) is 73.2 Å². The van der Waals surface area contributed by atoms with Crippen LogP contribution in [0.1, 0.15) is 22.4 Å². The van der Waals surface area contributed by atoms with Crippen LogP contribution in [0.2, 0.25) is 0 Å². The molecule has 0 fully saturated rings. The van der Waals surface area contributed by atoms with Crippen molar-refractivity contribution < 1.29 is 9.47 Å². The number of rotatable bonds is 4. The molecule has 0 aliphatic rings. The standard InChI is InChI=1S/C20H21NO2/c1-13-9-16-7-8-21-19(18(16)11-14(13)2)12-23-17-5-6-20(22-4)15(3)10-17/h5-11H,12H2,1-4H3. The van der Waals surface area contributed by atoms with Crippen LogP contribution in [0.4, 0.5) is 0 Å². The highest BCUT2D eigenvalue weighted by atomic mass is 16.5. The maximum Gasteiger partial charge on any atom is 0.131 e. The average molecular weight is 307 g/mol. The monoisotopic (exact) mass is 307 g/mol. The molecule has 1 aromatic heterocycles. The van der Waals surface area contributed by atoms with Crippen LogP contribution < -0.4 is 9.47 Å². The summed E-state index contributed by atoms with van der Waals surface area (Å²) in [6.45, 7) is 6.71. The van der Waals surface area contributed by atoms with Crippen LogP contribution in [0.3, 0.4) is 0 Å². The van der Waals surface area contributed by atoms with Crippen molar-refractivity contribution in [1.29, 1.82) is 0 Å². The third-order valence-corrected chi connectivity index (χ3v) is 4.20. The molecule has 0 unspecified atom stereocenters. The fraction of sp³-hybridized carbons (Fsp3) is 0.250. The van der Waals surface area contributed by atoms with Gasteiger partial charge in [-0.2, -0.15) is 0 Å². The molecule has 0 saturated heterocycles. The predicted octanol–water partition coefficient (Wildman–Crippen LogP) is 4.75. The van der Waals surface area contributed by atoms with Crippen molar-refractivity contribution in [1.82, 2.24) is 4.98 Å². The number of hydrogen-bond donors (Lipinski definition) is 0. The van der Waals surface area contributed by atoms with Gasteiger partial charge in [0.1, 0.15) is 18.1 Å². The number of ether oxygens (including phenoxy) is 2. The van der Waals surface area contributed by atoms with E-state index < -0.39 is 0 Å². The van der Waals surface area contributed by atoms with Crippen LogP contribution in [-0.2, 0) is 6.61 Å². The quantitative estimate of drug-likeness (QED) is 0.697. The van der Waals surface area contributed by atoms with Crippen LogP contribution >= 0.6 is 0 Å². The number of benzene rings is 2. The van der Waals surface area contributed by atoms with Crippen LogP contribution in [0.5, 0.6) is 11.5 Å². The van der Waals surface area contributed by atoms with Crippen LogP contribution in [0, 0.1) is 20.8 Å². The molecule has 0 radical (unpaired) electrons. The van der Waals surface area contributed by atoms with E-state index in [0.29, 0.717) is 6.61 Å². The number of aromatic nitrogens is 1. The van der Waals surface area contributed by atoms with Gasteiger partial charge >= 0.3 is 0 Å². The van der Waals surface area contributed by atoms with Crippen molar-refractivity contribution in [2.24, 2.45) is 0 Å². The Kier molecular flexibility index (Phi) is 4.20. The summed E-state index contributed by atoms with van der Waals surface area (Å²) in [5.41, 5.74) is 4.58. The van der Waals surface area contributed by atoms with Gasteiger partial charge in [0.05, 0.1) is 12.8 Å². The van der Waals surface area contributed by atoms with E-state index in [9.17, 15) is 0 Å². The highest BCUT2D eigenvalue weighted by Crippen LogP contribution is 2.25. The Morgan fingerprint density at radius 1 is 0.913 bits per heavy atom.